The number of hydrogen-bond donors (Lipinski definition) is 4. The Morgan fingerprint density at radius 1 is 1.33 bits per heavy atom. The van der Waals surface area contributed by atoms with Crippen LogP contribution in [0.3, 0.4) is 0 Å². The van der Waals surface area contributed by atoms with Crippen LogP contribution < -0.4 is 16.4 Å². The molecule has 0 saturated heterocycles. The van der Waals surface area contributed by atoms with Crippen molar-refractivity contribution < 1.29 is 9.18 Å². The minimum atomic E-state index is -0.472. The summed E-state index contributed by atoms with van der Waals surface area (Å²) >= 11 is 0. The molecule has 1 aliphatic carbocycles. The van der Waals surface area contributed by atoms with Gasteiger partial charge in [0.2, 0.25) is 0 Å². The maximum Gasteiger partial charge on any atom is 0.315 e. The molecule has 5 N–H and O–H groups in total. The van der Waals surface area contributed by atoms with E-state index < -0.39 is 5.82 Å². The van der Waals surface area contributed by atoms with Crippen LogP contribution in [-0.2, 0) is 6.54 Å². The standard InChI is InChI=1S/C15H21FN4O/c16-13-8-10(14(17)18)6-7-11(13)9-19-15(21)20-12-4-2-1-3-5-12/h6-8,12H,1-5,9H2,(H3,17,18)(H2,19,20,21). The lowest BCUT2D eigenvalue weighted by Gasteiger charge is -2.22. The molecule has 1 aromatic carbocycles. The lowest BCUT2D eigenvalue weighted by Crippen LogP contribution is -2.42. The number of carbonyl (C=O) groups is 1. The largest absolute Gasteiger partial charge is 0.384 e. The molecule has 1 aromatic rings. The Labute approximate surface area is 123 Å². The van der Waals surface area contributed by atoms with E-state index in [0.29, 0.717) is 11.1 Å². The molecule has 5 nitrogen and oxygen atoms in total. The maximum atomic E-state index is 13.8. The second-order valence-electron chi connectivity index (χ2n) is 5.38. The fourth-order valence-corrected chi connectivity index (χ4v) is 2.52. The Hall–Kier alpha value is -2.11. The molecule has 2 rings (SSSR count). The zero-order valence-electron chi connectivity index (χ0n) is 11.9. The van der Waals surface area contributed by atoms with Crippen LogP contribution >= 0.6 is 0 Å². The number of carbonyl (C=O) groups excluding carboxylic acids is 1. The Morgan fingerprint density at radius 2 is 2.05 bits per heavy atom. The quantitative estimate of drug-likeness (QED) is 0.506. The average Bonchev–Trinajstić information content (AvgIpc) is 2.47. The van der Waals surface area contributed by atoms with Gasteiger partial charge in [-0.05, 0) is 18.9 Å². The van der Waals surface area contributed by atoms with Crippen molar-refractivity contribution in [3.8, 4) is 0 Å². The van der Waals surface area contributed by atoms with E-state index in [1.807, 2.05) is 0 Å². The van der Waals surface area contributed by atoms with Gasteiger partial charge in [0.25, 0.3) is 0 Å². The monoisotopic (exact) mass is 292 g/mol. The van der Waals surface area contributed by atoms with Gasteiger partial charge in [0.15, 0.2) is 0 Å². The highest BCUT2D eigenvalue weighted by Gasteiger charge is 2.15. The van der Waals surface area contributed by atoms with Crippen LogP contribution in [0, 0.1) is 11.2 Å². The first kappa shape index (κ1) is 15.3. The highest BCUT2D eigenvalue weighted by atomic mass is 19.1. The van der Waals surface area contributed by atoms with Gasteiger partial charge in [0.1, 0.15) is 11.7 Å². The summed E-state index contributed by atoms with van der Waals surface area (Å²) in [6.45, 7) is 0.114. The summed E-state index contributed by atoms with van der Waals surface area (Å²) in [5.41, 5.74) is 6.01. The van der Waals surface area contributed by atoms with Crippen LogP contribution in [0.25, 0.3) is 0 Å². The predicted octanol–water partition coefficient (Wildman–Crippen LogP) is 2.24. The minimum absolute atomic E-state index is 0.114. The molecule has 0 radical (unpaired) electrons. The topological polar surface area (TPSA) is 91.0 Å². The molecular formula is C15H21FN4O. The predicted molar refractivity (Wildman–Crippen MR) is 79.7 cm³/mol. The number of nitrogen functional groups attached to an aromatic ring is 1. The summed E-state index contributed by atoms with van der Waals surface area (Å²) in [5, 5.41) is 12.8. The number of hydrogen-bond acceptors (Lipinski definition) is 2. The number of urea groups is 1. The molecule has 0 aliphatic heterocycles. The van der Waals surface area contributed by atoms with Crippen LogP contribution in [0.15, 0.2) is 18.2 Å². The van der Waals surface area contributed by atoms with Gasteiger partial charge in [-0.3, -0.25) is 5.41 Å². The Morgan fingerprint density at radius 3 is 2.67 bits per heavy atom. The number of halogens is 1. The molecule has 1 saturated carbocycles. The van der Waals surface area contributed by atoms with Gasteiger partial charge < -0.3 is 16.4 Å². The van der Waals surface area contributed by atoms with Crippen LogP contribution in [-0.4, -0.2) is 17.9 Å². The van der Waals surface area contributed by atoms with Gasteiger partial charge in [-0.25, -0.2) is 9.18 Å². The number of amides is 2. The maximum absolute atomic E-state index is 13.8. The fourth-order valence-electron chi connectivity index (χ4n) is 2.52. The van der Waals surface area contributed by atoms with Crippen LogP contribution in [0.4, 0.5) is 9.18 Å². The van der Waals surface area contributed by atoms with Crippen molar-refractivity contribution in [1.82, 2.24) is 10.6 Å². The number of nitrogens with two attached hydrogens (primary N) is 1. The van der Waals surface area contributed by atoms with Gasteiger partial charge in [-0.15, -0.1) is 0 Å². The average molecular weight is 292 g/mol. The molecule has 0 spiro atoms. The molecule has 1 fully saturated rings. The van der Waals surface area contributed by atoms with E-state index in [1.165, 1.54) is 18.6 Å². The van der Waals surface area contributed by atoms with Crippen LogP contribution in [0.1, 0.15) is 43.2 Å². The molecule has 0 heterocycles. The Kier molecular flexibility index (Phi) is 5.14. The molecule has 0 atom stereocenters. The summed E-state index contributed by atoms with van der Waals surface area (Å²) in [6.07, 6.45) is 5.54. The number of benzene rings is 1. The van der Waals surface area contributed by atoms with Gasteiger partial charge in [0.05, 0.1) is 0 Å². The Balaban J connectivity index is 1.84. The molecule has 2 amide bonds. The van der Waals surface area contributed by atoms with Crippen molar-refractivity contribution >= 4 is 11.9 Å². The lowest BCUT2D eigenvalue weighted by molar-refractivity contribution is 0.232. The number of nitrogens with one attached hydrogen (secondary N) is 3. The first-order valence-electron chi connectivity index (χ1n) is 7.23. The summed E-state index contributed by atoms with van der Waals surface area (Å²) in [7, 11) is 0. The van der Waals surface area contributed by atoms with Gasteiger partial charge >= 0.3 is 6.03 Å². The van der Waals surface area contributed by atoms with Crippen molar-refractivity contribution in [1.29, 1.82) is 5.41 Å². The minimum Gasteiger partial charge on any atom is -0.384 e. The first-order chi connectivity index (χ1) is 10.1. The second-order valence-corrected chi connectivity index (χ2v) is 5.38. The number of rotatable bonds is 4. The Bertz CT molecular complexity index is 526. The van der Waals surface area contributed by atoms with Gasteiger partial charge in [-0.1, -0.05) is 31.4 Å². The van der Waals surface area contributed by atoms with Crippen molar-refractivity contribution in [2.75, 3.05) is 0 Å². The van der Waals surface area contributed by atoms with E-state index in [-0.39, 0.29) is 24.5 Å². The zero-order valence-corrected chi connectivity index (χ0v) is 11.9. The second kappa shape index (κ2) is 7.06. The normalized spacial score (nSPS) is 15.5. The van der Waals surface area contributed by atoms with Gasteiger partial charge in [0, 0.05) is 23.7 Å². The number of amidine groups is 1. The first-order valence-corrected chi connectivity index (χ1v) is 7.23. The summed E-state index contributed by atoms with van der Waals surface area (Å²) in [5.74, 6) is -0.649. The fraction of sp³-hybridized carbons (Fsp3) is 0.467. The third kappa shape index (κ3) is 4.44. The molecule has 0 aromatic heterocycles. The molecule has 0 bridgehead atoms. The van der Waals surface area contributed by atoms with Gasteiger partial charge in [-0.2, -0.15) is 0 Å². The van der Waals surface area contributed by atoms with E-state index in [2.05, 4.69) is 10.6 Å². The van der Waals surface area contributed by atoms with E-state index in [0.717, 1.165) is 25.7 Å². The molecule has 1 aliphatic rings. The van der Waals surface area contributed by atoms with Crippen molar-refractivity contribution in [2.45, 2.75) is 44.7 Å². The highest BCUT2D eigenvalue weighted by Crippen LogP contribution is 2.17. The van der Waals surface area contributed by atoms with Crippen LogP contribution in [0.2, 0.25) is 0 Å². The zero-order chi connectivity index (χ0) is 15.2. The summed E-state index contributed by atoms with van der Waals surface area (Å²) in [4.78, 5) is 11.8. The van der Waals surface area contributed by atoms with E-state index in [4.69, 9.17) is 11.1 Å². The van der Waals surface area contributed by atoms with Crippen molar-refractivity contribution in [2.24, 2.45) is 5.73 Å². The van der Waals surface area contributed by atoms with E-state index >= 15 is 0 Å². The molecule has 21 heavy (non-hydrogen) atoms. The summed E-state index contributed by atoms with van der Waals surface area (Å²) in [6, 6.07) is 4.27. The highest BCUT2D eigenvalue weighted by molar-refractivity contribution is 5.94. The third-order valence-electron chi connectivity index (χ3n) is 3.74. The molecular weight excluding hydrogens is 271 g/mol. The smallest absolute Gasteiger partial charge is 0.315 e. The molecule has 6 heteroatoms. The van der Waals surface area contributed by atoms with E-state index in [9.17, 15) is 9.18 Å². The molecule has 0 unspecified atom stereocenters. The SMILES string of the molecule is N=C(N)c1ccc(CNC(=O)NC2CCCCC2)c(F)c1. The van der Waals surface area contributed by atoms with E-state index in [1.54, 1.807) is 6.07 Å². The van der Waals surface area contributed by atoms with Crippen molar-refractivity contribution in [3.63, 3.8) is 0 Å². The molecule has 114 valence electrons. The lowest BCUT2D eigenvalue weighted by atomic mass is 9.96. The third-order valence-corrected chi connectivity index (χ3v) is 3.74. The van der Waals surface area contributed by atoms with Crippen LogP contribution in [0.5, 0.6) is 0 Å². The summed E-state index contributed by atoms with van der Waals surface area (Å²) < 4.78 is 13.8. The van der Waals surface area contributed by atoms with Crippen molar-refractivity contribution in [3.05, 3.63) is 35.1 Å².